The molecular weight excluding hydrogens is 461 g/mol. The Balaban J connectivity index is 1.34. The van der Waals surface area contributed by atoms with Crippen LogP contribution in [0.15, 0.2) is 60.9 Å². The third kappa shape index (κ3) is 6.20. The van der Waals surface area contributed by atoms with Gasteiger partial charge in [0, 0.05) is 44.0 Å². The predicted octanol–water partition coefficient (Wildman–Crippen LogP) is 4.83. The summed E-state index contributed by atoms with van der Waals surface area (Å²) in [5, 5.41) is 2.77. The molecule has 184 valence electrons. The van der Waals surface area contributed by atoms with Gasteiger partial charge < -0.3 is 19.7 Å². The van der Waals surface area contributed by atoms with Crippen molar-refractivity contribution in [3.63, 3.8) is 0 Å². The first-order valence-electron chi connectivity index (χ1n) is 11.1. The fraction of sp³-hybridized carbons (Fsp3) is 0.320. The molecule has 2 aromatic carbocycles. The molecule has 0 spiro atoms. The van der Waals surface area contributed by atoms with Crippen molar-refractivity contribution in [3.05, 3.63) is 72.1 Å². The lowest BCUT2D eigenvalue weighted by atomic mass is 9.96. The maximum Gasteiger partial charge on any atom is 0.416 e. The second kappa shape index (κ2) is 10.6. The van der Waals surface area contributed by atoms with E-state index in [0.717, 1.165) is 12.1 Å². The van der Waals surface area contributed by atoms with E-state index in [1.54, 1.807) is 37.7 Å². The van der Waals surface area contributed by atoms with Crippen molar-refractivity contribution in [3.8, 4) is 17.4 Å². The first-order valence-corrected chi connectivity index (χ1v) is 11.1. The number of nitrogens with zero attached hydrogens (tertiary/aromatic N) is 3. The van der Waals surface area contributed by atoms with Crippen LogP contribution >= 0.6 is 0 Å². The van der Waals surface area contributed by atoms with Gasteiger partial charge in [0.2, 0.25) is 5.91 Å². The number of benzene rings is 2. The number of methoxy groups -OCH3 is 1. The number of carbonyl (C=O) groups is 1. The number of aromatic nitrogens is 2. The van der Waals surface area contributed by atoms with Gasteiger partial charge in [-0.1, -0.05) is 18.2 Å². The first kappa shape index (κ1) is 24.3. The summed E-state index contributed by atoms with van der Waals surface area (Å²) in [5.41, 5.74) is -0.321. The van der Waals surface area contributed by atoms with Crippen LogP contribution in [0, 0.1) is 5.92 Å². The van der Waals surface area contributed by atoms with Crippen molar-refractivity contribution >= 4 is 11.7 Å². The summed E-state index contributed by atoms with van der Waals surface area (Å²) in [6, 6.07) is 12.1. The molecule has 1 fully saturated rings. The van der Waals surface area contributed by atoms with Crippen LogP contribution in [0.1, 0.15) is 24.0 Å². The monoisotopic (exact) mass is 486 g/mol. The fourth-order valence-corrected chi connectivity index (χ4v) is 3.93. The van der Waals surface area contributed by atoms with Gasteiger partial charge in [0.05, 0.1) is 12.7 Å². The zero-order chi connectivity index (χ0) is 24.8. The van der Waals surface area contributed by atoms with Crippen LogP contribution in [-0.4, -0.2) is 36.1 Å². The number of piperidine rings is 1. The van der Waals surface area contributed by atoms with Gasteiger partial charge in [0.25, 0.3) is 5.88 Å². The molecule has 1 aliphatic rings. The molecule has 7 nitrogen and oxygen atoms in total. The predicted molar refractivity (Wildman–Crippen MR) is 123 cm³/mol. The Morgan fingerprint density at radius 1 is 1.06 bits per heavy atom. The van der Waals surface area contributed by atoms with Crippen LogP contribution in [-0.2, 0) is 17.5 Å². The summed E-state index contributed by atoms with van der Waals surface area (Å²) in [7, 11) is 1.58. The smallest absolute Gasteiger partial charge is 0.416 e. The van der Waals surface area contributed by atoms with E-state index >= 15 is 0 Å². The van der Waals surface area contributed by atoms with Crippen LogP contribution in [0.25, 0.3) is 0 Å². The minimum Gasteiger partial charge on any atom is -0.497 e. The highest BCUT2D eigenvalue weighted by atomic mass is 19.4. The molecule has 2 heterocycles. The topological polar surface area (TPSA) is 76.6 Å². The molecule has 1 N–H and O–H groups in total. The Bertz CT molecular complexity index is 1160. The van der Waals surface area contributed by atoms with Crippen LogP contribution in [0.4, 0.5) is 19.0 Å². The number of alkyl halides is 3. The summed E-state index contributed by atoms with van der Waals surface area (Å²) in [4.78, 5) is 23.4. The Morgan fingerprint density at radius 3 is 2.51 bits per heavy atom. The Kier molecular flexibility index (Phi) is 7.38. The standard InChI is InChI=1S/C25H25F3N4O3/c1-34-20-6-3-7-21(15-20)35-24-22(29-10-11-30-24)32-12-8-18(9-13-32)23(33)31-16-17-4-2-5-19(14-17)25(26,27)28/h2-7,10-11,14-15,18H,8-9,12-13,16H2,1H3,(H,31,33). The molecule has 1 amide bonds. The lowest BCUT2D eigenvalue weighted by Crippen LogP contribution is -2.40. The summed E-state index contributed by atoms with van der Waals surface area (Å²) < 4.78 is 49.9. The van der Waals surface area contributed by atoms with Gasteiger partial charge in [-0.25, -0.2) is 9.97 Å². The number of halogens is 3. The lowest BCUT2D eigenvalue weighted by molar-refractivity contribution is -0.137. The van der Waals surface area contributed by atoms with Crippen LogP contribution in [0.5, 0.6) is 17.4 Å². The number of rotatable bonds is 7. The Morgan fingerprint density at radius 2 is 1.77 bits per heavy atom. The fourth-order valence-electron chi connectivity index (χ4n) is 3.93. The number of anilines is 1. The van der Waals surface area contributed by atoms with E-state index in [0.29, 0.717) is 54.7 Å². The van der Waals surface area contributed by atoms with Crippen molar-refractivity contribution in [2.45, 2.75) is 25.6 Å². The summed E-state index contributed by atoms with van der Waals surface area (Å²) in [5.74, 6) is 1.75. The van der Waals surface area contributed by atoms with Crippen molar-refractivity contribution in [1.82, 2.24) is 15.3 Å². The van der Waals surface area contributed by atoms with E-state index in [2.05, 4.69) is 15.3 Å². The third-order valence-electron chi connectivity index (χ3n) is 5.79. The molecule has 0 aliphatic carbocycles. The number of ether oxygens (including phenoxy) is 2. The van der Waals surface area contributed by atoms with Gasteiger partial charge in [-0.3, -0.25) is 4.79 Å². The molecule has 10 heteroatoms. The van der Waals surface area contributed by atoms with Crippen molar-refractivity contribution in [2.75, 3.05) is 25.1 Å². The minimum absolute atomic E-state index is 0.0473. The molecule has 35 heavy (non-hydrogen) atoms. The number of hydrogen-bond donors (Lipinski definition) is 1. The van der Waals surface area contributed by atoms with Crippen LogP contribution < -0.4 is 19.7 Å². The highest BCUT2D eigenvalue weighted by Crippen LogP contribution is 2.32. The number of nitrogens with one attached hydrogen (secondary N) is 1. The average Bonchev–Trinajstić information content (AvgIpc) is 2.87. The van der Waals surface area contributed by atoms with E-state index in [1.807, 2.05) is 17.0 Å². The first-order chi connectivity index (χ1) is 16.8. The van der Waals surface area contributed by atoms with Gasteiger partial charge in [-0.05, 0) is 42.7 Å². The third-order valence-corrected chi connectivity index (χ3v) is 5.79. The highest BCUT2D eigenvalue weighted by molar-refractivity contribution is 5.79. The van der Waals surface area contributed by atoms with Gasteiger partial charge >= 0.3 is 6.18 Å². The number of amides is 1. The molecule has 0 unspecified atom stereocenters. The highest BCUT2D eigenvalue weighted by Gasteiger charge is 2.31. The molecular formula is C25H25F3N4O3. The number of carbonyl (C=O) groups excluding carboxylic acids is 1. The molecule has 1 saturated heterocycles. The SMILES string of the molecule is COc1cccc(Oc2nccnc2N2CCC(C(=O)NCc3cccc(C(F)(F)F)c3)CC2)c1. The quantitative estimate of drug-likeness (QED) is 0.516. The summed E-state index contributed by atoms with van der Waals surface area (Å²) in [6.07, 6.45) is -0.135. The summed E-state index contributed by atoms with van der Waals surface area (Å²) >= 11 is 0. The molecule has 1 aliphatic heterocycles. The van der Waals surface area contributed by atoms with Gasteiger partial charge in [0.15, 0.2) is 5.82 Å². The van der Waals surface area contributed by atoms with E-state index < -0.39 is 11.7 Å². The maximum atomic E-state index is 12.9. The zero-order valence-electron chi connectivity index (χ0n) is 19.1. The Hall–Kier alpha value is -3.82. The van der Waals surface area contributed by atoms with Crippen molar-refractivity contribution < 1.29 is 27.4 Å². The second-order valence-corrected chi connectivity index (χ2v) is 8.14. The van der Waals surface area contributed by atoms with E-state index in [1.165, 1.54) is 6.07 Å². The molecule has 0 saturated carbocycles. The van der Waals surface area contributed by atoms with E-state index in [9.17, 15) is 18.0 Å². The molecule has 0 atom stereocenters. The van der Waals surface area contributed by atoms with E-state index in [4.69, 9.17) is 9.47 Å². The average molecular weight is 486 g/mol. The largest absolute Gasteiger partial charge is 0.497 e. The lowest BCUT2D eigenvalue weighted by Gasteiger charge is -2.32. The van der Waals surface area contributed by atoms with Gasteiger partial charge in [-0.15, -0.1) is 0 Å². The molecule has 0 radical (unpaired) electrons. The van der Waals surface area contributed by atoms with E-state index in [-0.39, 0.29) is 18.4 Å². The van der Waals surface area contributed by atoms with Gasteiger partial charge in [-0.2, -0.15) is 13.2 Å². The minimum atomic E-state index is -4.41. The number of hydrogen-bond acceptors (Lipinski definition) is 6. The summed E-state index contributed by atoms with van der Waals surface area (Å²) in [6.45, 7) is 1.18. The maximum absolute atomic E-state index is 12.9. The second-order valence-electron chi connectivity index (χ2n) is 8.14. The van der Waals surface area contributed by atoms with Crippen molar-refractivity contribution in [1.29, 1.82) is 0 Å². The molecule has 3 aromatic rings. The molecule has 0 bridgehead atoms. The molecule has 1 aromatic heterocycles. The van der Waals surface area contributed by atoms with Gasteiger partial charge in [0.1, 0.15) is 11.5 Å². The zero-order valence-corrected chi connectivity index (χ0v) is 19.1. The Labute approximate surface area is 200 Å². The van der Waals surface area contributed by atoms with Crippen LogP contribution in [0.2, 0.25) is 0 Å². The molecule has 4 rings (SSSR count). The van der Waals surface area contributed by atoms with Crippen LogP contribution in [0.3, 0.4) is 0 Å². The van der Waals surface area contributed by atoms with Crippen molar-refractivity contribution in [2.24, 2.45) is 5.92 Å². The normalized spacial score (nSPS) is 14.5.